The highest BCUT2D eigenvalue weighted by atomic mass is 35.5. The summed E-state index contributed by atoms with van der Waals surface area (Å²) in [7, 11) is 0. The minimum atomic E-state index is -0.645. The summed E-state index contributed by atoms with van der Waals surface area (Å²) in [6, 6.07) is 7.57. The van der Waals surface area contributed by atoms with Crippen LogP contribution in [0.3, 0.4) is 0 Å². The van der Waals surface area contributed by atoms with Gasteiger partial charge in [-0.05, 0) is 24.3 Å². The summed E-state index contributed by atoms with van der Waals surface area (Å²) in [5, 5.41) is 2.67. The molecule has 3 N–H and O–H groups in total. The topological polar surface area (TPSA) is 68.0 Å². The maximum absolute atomic E-state index is 13.7. The summed E-state index contributed by atoms with van der Waals surface area (Å²) in [5.74, 6) is -1.07. The van der Waals surface area contributed by atoms with Crippen molar-refractivity contribution in [2.75, 3.05) is 5.32 Å². The van der Waals surface area contributed by atoms with Crippen LogP contribution in [0.2, 0.25) is 5.02 Å². The van der Waals surface area contributed by atoms with Gasteiger partial charge in [-0.1, -0.05) is 17.7 Å². The number of halogens is 2. The third-order valence-corrected chi connectivity index (χ3v) is 2.57. The van der Waals surface area contributed by atoms with Gasteiger partial charge in [-0.15, -0.1) is 0 Å². The van der Waals surface area contributed by atoms with E-state index in [1.807, 2.05) is 0 Å². The van der Waals surface area contributed by atoms with Gasteiger partial charge < -0.3 is 11.1 Å². The lowest BCUT2D eigenvalue weighted by molar-refractivity contribution is 0.100. The number of nitrogens with zero attached hydrogens (tertiary/aromatic N) is 1. The van der Waals surface area contributed by atoms with E-state index >= 15 is 0 Å². The fraction of sp³-hybridized carbons (Fsp3) is 0. The number of nitrogens with one attached hydrogen (secondary N) is 1. The van der Waals surface area contributed by atoms with Gasteiger partial charge in [0, 0.05) is 6.20 Å². The second-order valence-electron chi connectivity index (χ2n) is 3.49. The molecule has 1 amide bonds. The molecule has 0 saturated carbocycles. The van der Waals surface area contributed by atoms with Crippen molar-refractivity contribution in [3.05, 3.63) is 52.9 Å². The molecule has 0 aliphatic heterocycles. The number of hydrogen-bond donors (Lipinski definition) is 2. The maximum atomic E-state index is 13.7. The molecule has 18 heavy (non-hydrogen) atoms. The lowest BCUT2D eigenvalue weighted by Gasteiger charge is -2.09. The van der Waals surface area contributed by atoms with E-state index in [4.69, 9.17) is 17.3 Å². The van der Waals surface area contributed by atoms with Gasteiger partial charge >= 0.3 is 0 Å². The van der Waals surface area contributed by atoms with Crippen LogP contribution in [0.25, 0.3) is 0 Å². The Hall–Kier alpha value is -2.14. The highest BCUT2D eigenvalue weighted by Crippen LogP contribution is 2.25. The summed E-state index contributed by atoms with van der Waals surface area (Å²) in [6.07, 6.45) is 1.47. The molecule has 6 heteroatoms. The first-order valence-corrected chi connectivity index (χ1v) is 5.43. The zero-order valence-corrected chi connectivity index (χ0v) is 9.91. The lowest BCUT2D eigenvalue weighted by Crippen LogP contribution is -2.14. The second kappa shape index (κ2) is 5.01. The highest BCUT2D eigenvalue weighted by Gasteiger charge is 2.12. The Balaban J connectivity index is 2.40. The van der Waals surface area contributed by atoms with Gasteiger partial charge in [0.25, 0.3) is 5.91 Å². The van der Waals surface area contributed by atoms with E-state index in [2.05, 4.69) is 10.3 Å². The van der Waals surface area contributed by atoms with Crippen LogP contribution in [0.1, 0.15) is 10.4 Å². The number of benzene rings is 1. The SMILES string of the molecule is NC(=O)c1cccnc1Nc1cccc(Cl)c1F. The molecule has 2 aromatic rings. The number of amides is 1. The van der Waals surface area contributed by atoms with Crippen molar-refractivity contribution >= 4 is 29.0 Å². The molecule has 0 fully saturated rings. The predicted molar refractivity (Wildman–Crippen MR) is 67.4 cm³/mol. The summed E-state index contributed by atoms with van der Waals surface area (Å²) >= 11 is 5.66. The standard InChI is InChI=1S/C12H9ClFN3O/c13-8-4-1-5-9(10(8)14)17-12-7(11(15)18)3-2-6-16-12/h1-6H,(H2,15,18)(H,16,17). The monoisotopic (exact) mass is 265 g/mol. The Morgan fingerprint density at radius 2 is 2.11 bits per heavy atom. The number of primary amides is 1. The second-order valence-corrected chi connectivity index (χ2v) is 3.90. The fourth-order valence-corrected chi connectivity index (χ4v) is 1.61. The van der Waals surface area contributed by atoms with Crippen molar-refractivity contribution in [2.45, 2.75) is 0 Å². The van der Waals surface area contributed by atoms with Crippen molar-refractivity contribution in [2.24, 2.45) is 5.73 Å². The van der Waals surface area contributed by atoms with Gasteiger partial charge in [-0.2, -0.15) is 0 Å². The average Bonchev–Trinajstić information content (AvgIpc) is 2.35. The Labute approximate surface area is 108 Å². The number of carbonyl (C=O) groups is 1. The average molecular weight is 266 g/mol. The Bertz CT molecular complexity index is 604. The summed E-state index contributed by atoms with van der Waals surface area (Å²) in [6.45, 7) is 0. The number of anilines is 2. The van der Waals surface area contributed by atoms with Crippen LogP contribution in [-0.2, 0) is 0 Å². The summed E-state index contributed by atoms with van der Waals surface area (Å²) in [4.78, 5) is 15.1. The zero-order chi connectivity index (χ0) is 13.1. The van der Waals surface area contributed by atoms with Gasteiger partial charge in [0.05, 0.1) is 16.3 Å². The van der Waals surface area contributed by atoms with Crippen LogP contribution in [-0.4, -0.2) is 10.9 Å². The van der Waals surface area contributed by atoms with Crippen LogP contribution in [0.4, 0.5) is 15.9 Å². The van der Waals surface area contributed by atoms with Gasteiger partial charge in [-0.3, -0.25) is 4.79 Å². The first-order chi connectivity index (χ1) is 8.59. The fourth-order valence-electron chi connectivity index (χ4n) is 1.43. The molecule has 0 spiro atoms. The number of pyridine rings is 1. The minimum Gasteiger partial charge on any atom is -0.365 e. The number of aromatic nitrogens is 1. The minimum absolute atomic E-state index is 0.0171. The molecule has 1 heterocycles. The normalized spacial score (nSPS) is 10.1. The number of rotatable bonds is 3. The zero-order valence-electron chi connectivity index (χ0n) is 9.15. The Morgan fingerprint density at radius 3 is 2.83 bits per heavy atom. The van der Waals surface area contributed by atoms with E-state index in [0.717, 1.165) is 0 Å². The van der Waals surface area contributed by atoms with E-state index in [-0.39, 0.29) is 22.1 Å². The molecule has 0 aliphatic carbocycles. The molecule has 92 valence electrons. The number of hydrogen-bond acceptors (Lipinski definition) is 3. The van der Waals surface area contributed by atoms with Gasteiger partial charge in [0.15, 0.2) is 5.82 Å². The summed E-state index contributed by atoms with van der Waals surface area (Å²) < 4.78 is 13.7. The highest BCUT2D eigenvalue weighted by molar-refractivity contribution is 6.31. The molecule has 1 aromatic carbocycles. The Morgan fingerprint density at radius 1 is 1.33 bits per heavy atom. The largest absolute Gasteiger partial charge is 0.365 e. The van der Waals surface area contributed by atoms with Crippen LogP contribution in [0.15, 0.2) is 36.5 Å². The van der Waals surface area contributed by atoms with Gasteiger partial charge in [0.2, 0.25) is 0 Å². The maximum Gasteiger partial charge on any atom is 0.252 e. The third-order valence-electron chi connectivity index (χ3n) is 2.28. The molecule has 0 saturated heterocycles. The van der Waals surface area contributed by atoms with E-state index in [1.165, 1.54) is 24.4 Å². The van der Waals surface area contributed by atoms with E-state index < -0.39 is 11.7 Å². The first kappa shape index (κ1) is 12.3. The van der Waals surface area contributed by atoms with Crippen molar-refractivity contribution < 1.29 is 9.18 Å². The first-order valence-electron chi connectivity index (χ1n) is 5.05. The molecule has 2 rings (SSSR count). The van der Waals surface area contributed by atoms with E-state index in [9.17, 15) is 9.18 Å². The molecule has 0 bridgehead atoms. The Kier molecular flexibility index (Phi) is 3.43. The molecule has 4 nitrogen and oxygen atoms in total. The molecular formula is C12H9ClFN3O. The predicted octanol–water partition coefficient (Wildman–Crippen LogP) is 2.72. The number of nitrogens with two attached hydrogens (primary N) is 1. The third kappa shape index (κ3) is 2.41. The smallest absolute Gasteiger partial charge is 0.252 e. The lowest BCUT2D eigenvalue weighted by atomic mass is 10.2. The van der Waals surface area contributed by atoms with E-state index in [1.54, 1.807) is 12.1 Å². The van der Waals surface area contributed by atoms with Crippen LogP contribution < -0.4 is 11.1 Å². The van der Waals surface area contributed by atoms with Crippen LogP contribution in [0, 0.1) is 5.82 Å². The number of carbonyl (C=O) groups excluding carboxylic acids is 1. The van der Waals surface area contributed by atoms with Crippen molar-refractivity contribution in [1.29, 1.82) is 0 Å². The molecular weight excluding hydrogens is 257 g/mol. The van der Waals surface area contributed by atoms with Gasteiger partial charge in [0.1, 0.15) is 5.82 Å². The van der Waals surface area contributed by atoms with Crippen molar-refractivity contribution in [1.82, 2.24) is 4.98 Å². The van der Waals surface area contributed by atoms with Crippen LogP contribution >= 0.6 is 11.6 Å². The quantitative estimate of drug-likeness (QED) is 0.897. The molecule has 0 unspecified atom stereocenters. The van der Waals surface area contributed by atoms with Crippen LogP contribution in [0.5, 0.6) is 0 Å². The van der Waals surface area contributed by atoms with Crippen molar-refractivity contribution in [3.8, 4) is 0 Å². The molecule has 0 radical (unpaired) electrons. The molecule has 0 aliphatic rings. The van der Waals surface area contributed by atoms with E-state index in [0.29, 0.717) is 0 Å². The summed E-state index contributed by atoms with van der Waals surface area (Å²) in [5.41, 5.74) is 5.50. The van der Waals surface area contributed by atoms with Gasteiger partial charge in [-0.25, -0.2) is 9.37 Å². The molecule has 1 aromatic heterocycles. The van der Waals surface area contributed by atoms with Crippen molar-refractivity contribution in [3.63, 3.8) is 0 Å². The molecule has 0 atom stereocenters.